The highest BCUT2D eigenvalue weighted by molar-refractivity contribution is 7.00. The number of rotatable bonds is 17. The summed E-state index contributed by atoms with van der Waals surface area (Å²) in [5.74, 6) is 0. The largest absolute Gasteiger partial charge is 0.475 e. The summed E-state index contributed by atoms with van der Waals surface area (Å²) in [5, 5.41) is 3.44. The molecular weight excluding hydrogens is 705 g/mol. The van der Waals surface area contributed by atoms with E-state index in [1.165, 1.54) is 0 Å². The first kappa shape index (κ1) is 51.0. The SMILES string of the molecule is C.C.C.C.C.C.CO[SiH](OC)O[Si](O[SiH](OC)O[Si](O[SiH](OC)OC)(c1ccccc1)c1ccccc1)(c1ccccc1)c1ccccc1. The molecule has 0 atom stereocenters. The third-order valence-corrected chi connectivity index (χ3v) is 21.3. The average Bonchev–Trinajstić information content (AvgIpc) is 3.09. The van der Waals surface area contributed by atoms with E-state index in [1.54, 1.807) is 35.5 Å². The standard InChI is InChI=1S/C29H38O9Si5.6CH4/c1-30-39(31-2)35-42(26-18-10-6-11-19-26,27-20-12-7-13-21-27)37-41(34-5)38-43(36-40(32-3)33-4,28-22-14-8-15-23-28)29-24-16-9-17-25-29;;;;;;/h6-25,39-41H,1-5H3;6*1H4. The lowest BCUT2D eigenvalue weighted by Crippen LogP contribution is -2.72. The first-order valence-corrected chi connectivity index (χ1v) is 21.5. The molecule has 0 amide bonds. The Labute approximate surface area is 305 Å². The molecule has 0 saturated carbocycles. The molecule has 49 heavy (non-hydrogen) atoms. The highest BCUT2D eigenvalue weighted by atomic mass is 28.5. The van der Waals surface area contributed by atoms with Crippen molar-refractivity contribution in [3.05, 3.63) is 121 Å². The van der Waals surface area contributed by atoms with E-state index in [0.29, 0.717) is 0 Å². The summed E-state index contributed by atoms with van der Waals surface area (Å²) in [6.07, 6.45) is 0. The second-order valence-corrected chi connectivity index (χ2v) is 21.8. The van der Waals surface area contributed by atoms with E-state index in [2.05, 4.69) is 0 Å². The summed E-state index contributed by atoms with van der Waals surface area (Å²) in [5.41, 5.74) is 0. The second kappa shape index (κ2) is 25.5. The van der Waals surface area contributed by atoms with E-state index in [0.717, 1.165) is 20.7 Å². The fourth-order valence-corrected chi connectivity index (χ4v) is 21.3. The molecule has 0 bridgehead atoms. The Morgan fingerprint density at radius 3 is 0.673 bits per heavy atom. The van der Waals surface area contributed by atoms with Crippen LogP contribution in [0.1, 0.15) is 44.6 Å². The van der Waals surface area contributed by atoms with Crippen molar-refractivity contribution < 1.29 is 38.6 Å². The lowest BCUT2D eigenvalue weighted by atomic mass is 10.4. The number of hydrogen-bond donors (Lipinski definition) is 0. The number of hydrogen-bond acceptors (Lipinski definition) is 9. The molecule has 0 unspecified atom stereocenters. The lowest BCUT2D eigenvalue weighted by Gasteiger charge is -2.39. The highest BCUT2D eigenvalue weighted by Gasteiger charge is 2.53. The van der Waals surface area contributed by atoms with Gasteiger partial charge >= 0.3 is 45.7 Å². The minimum absolute atomic E-state index is 0. The van der Waals surface area contributed by atoms with Crippen LogP contribution < -0.4 is 20.7 Å². The Bertz CT molecular complexity index is 1160. The van der Waals surface area contributed by atoms with Crippen LogP contribution in [0.15, 0.2) is 121 Å². The van der Waals surface area contributed by atoms with E-state index in [9.17, 15) is 0 Å². The molecular formula is C35H62O9Si5. The van der Waals surface area contributed by atoms with Gasteiger partial charge < -0.3 is 38.6 Å². The molecule has 0 heterocycles. The maximum atomic E-state index is 7.12. The summed E-state index contributed by atoms with van der Waals surface area (Å²) in [4.78, 5) is 0. The summed E-state index contributed by atoms with van der Waals surface area (Å²) in [6, 6.07) is 39.4. The minimum atomic E-state index is -3.56. The molecule has 0 aromatic heterocycles. The van der Waals surface area contributed by atoms with Gasteiger partial charge in [0.25, 0.3) is 0 Å². The Morgan fingerprint density at radius 2 is 0.490 bits per heavy atom. The van der Waals surface area contributed by atoms with Crippen LogP contribution in [0.2, 0.25) is 0 Å². The van der Waals surface area contributed by atoms with Crippen LogP contribution in [0.3, 0.4) is 0 Å². The van der Waals surface area contributed by atoms with Crippen LogP contribution >= 0.6 is 0 Å². The van der Waals surface area contributed by atoms with E-state index in [4.69, 9.17) is 38.6 Å². The molecule has 0 aliphatic carbocycles. The third-order valence-electron chi connectivity index (χ3n) is 6.63. The first-order valence-electron chi connectivity index (χ1n) is 13.6. The molecule has 0 aliphatic rings. The van der Waals surface area contributed by atoms with Crippen LogP contribution in [0, 0.1) is 0 Å². The summed E-state index contributed by atoms with van der Waals surface area (Å²) in [6.45, 7) is 0. The van der Waals surface area contributed by atoms with E-state index >= 15 is 0 Å². The summed E-state index contributed by atoms with van der Waals surface area (Å²) >= 11 is 0. The molecule has 9 nitrogen and oxygen atoms in total. The zero-order chi connectivity index (χ0) is 30.5. The van der Waals surface area contributed by atoms with Gasteiger partial charge in [-0.25, -0.2) is 0 Å². The maximum Gasteiger partial charge on any atom is 0.475 e. The van der Waals surface area contributed by atoms with Crippen LogP contribution in [0.25, 0.3) is 0 Å². The zero-order valence-corrected chi connectivity index (χ0v) is 30.4. The molecule has 4 aromatic rings. The summed E-state index contributed by atoms with van der Waals surface area (Å²) in [7, 11) is -7.60. The molecule has 0 saturated heterocycles. The van der Waals surface area contributed by atoms with Crippen molar-refractivity contribution in [2.75, 3.05) is 35.5 Å². The molecule has 0 fully saturated rings. The fourth-order valence-electron chi connectivity index (χ4n) is 4.61. The Morgan fingerprint density at radius 1 is 0.306 bits per heavy atom. The Balaban J connectivity index is -0.00000353. The predicted octanol–water partition coefficient (Wildman–Crippen LogP) is 4.77. The van der Waals surface area contributed by atoms with E-state index in [1.807, 2.05) is 121 Å². The van der Waals surface area contributed by atoms with Gasteiger partial charge in [-0.05, 0) is 20.7 Å². The molecule has 0 radical (unpaired) electrons. The monoisotopic (exact) mass is 766 g/mol. The number of benzene rings is 4. The van der Waals surface area contributed by atoms with Gasteiger partial charge in [0.2, 0.25) is 0 Å². The minimum Gasteiger partial charge on any atom is -0.390 e. The second-order valence-electron chi connectivity index (χ2n) is 9.21. The van der Waals surface area contributed by atoms with Crippen molar-refractivity contribution in [1.29, 1.82) is 0 Å². The van der Waals surface area contributed by atoms with Crippen molar-refractivity contribution >= 4 is 66.5 Å². The smallest absolute Gasteiger partial charge is 0.390 e. The topological polar surface area (TPSA) is 83.1 Å². The molecule has 276 valence electrons. The third kappa shape index (κ3) is 12.4. The van der Waals surface area contributed by atoms with Crippen LogP contribution in [-0.2, 0) is 38.6 Å². The normalized spacial score (nSPS) is 10.9. The maximum absolute atomic E-state index is 7.12. The van der Waals surface area contributed by atoms with Gasteiger partial charge in [0, 0.05) is 35.5 Å². The quantitative estimate of drug-likeness (QED) is 0.141. The van der Waals surface area contributed by atoms with Crippen molar-refractivity contribution in [3.8, 4) is 0 Å². The van der Waals surface area contributed by atoms with Crippen LogP contribution in [0.5, 0.6) is 0 Å². The first-order chi connectivity index (χ1) is 21.0. The van der Waals surface area contributed by atoms with Crippen LogP contribution in [-0.4, -0.2) is 81.3 Å². The highest BCUT2D eigenvalue weighted by Crippen LogP contribution is 2.19. The molecule has 4 aromatic carbocycles. The predicted molar refractivity (Wildman–Crippen MR) is 217 cm³/mol. The van der Waals surface area contributed by atoms with Crippen molar-refractivity contribution in [3.63, 3.8) is 0 Å². The Kier molecular flexibility index (Phi) is 26.6. The fraction of sp³-hybridized carbons (Fsp3) is 0.314. The lowest BCUT2D eigenvalue weighted by molar-refractivity contribution is 0.160. The van der Waals surface area contributed by atoms with Gasteiger partial charge in [-0.1, -0.05) is 166 Å². The average molecular weight is 767 g/mol. The molecule has 0 N–H and O–H groups in total. The zero-order valence-electron chi connectivity index (χ0n) is 25.0. The Hall–Kier alpha value is -2.40. The van der Waals surface area contributed by atoms with Gasteiger partial charge in [0.1, 0.15) is 0 Å². The van der Waals surface area contributed by atoms with E-state index in [-0.39, 0.29) is 44.6 Å². The summed E-state index contributed by atoms with van der Waals surface area (Å²) < 4.78 is 56.7. The van der Waals surface area contributed by atoms with Crippen LogP contribution in [0.4, 0.5) is 0 Å². The van der Waals surface area contributed by atoms with Gasteiger partial charge in [0.15, 0.2) is 0 Å². The van der Waals surface area contributed by atoms with Crippen molar-refractivity contribution in [1.82, 2.24) is 0 Å². The van der Waals surface area contributed by atoms with Gasteiger partial charge in [-0.15, -0.1) is 0 Å². The van der Waals surface area contributed by atoms with Gasteiger partial charge in [-0.2, -0.15) is 0 Å². The molecule has 0 spiro atoms. The van der Waals surface area contributed by atoms with Gasteiger partial charge in [0.05, 0.1) is 0 Å². The van der Waals surface area contributed by atoms with Gasteiger partial charge in [-0.3, -0.25) is 0 Å². The van der Waals surface area contributed by atoms with E-state index < -0.39 is 45.7 Å². The molecule has 4 rings (SSSR count). The molecule has 14 heteroatoms. The molecule has 0 aliphatic heterocycles. The van der Waals surface area contributed by atoms with Crippen molar-refractivity contribution in [2.24, 2.45) is 0 Å². The van der Waals surface area contributed by atoms with Crippen molar-refractivity contribution in [2.45, 2.75) is 44.6 Å².